The predicted molar refractivity (Wildman–Crippen MR) is 108 cm³/mol. The van der Waals surface area contributed by atoms with Crippen LogP contribution in [-0.4, -0.2) is 51.9 Å². The van der Waals surface area contributed by atoms with E-state index in [1.54, 1.807) is 18.4 Å². The maximum atomic E-state index is 12.3. The summed E-state index contributed by atoms with van der Waals surface area (Å²) < 4.78 is 6.23. The fourth-order valence-corrected chi connectivity index (χ4v) is 4.96. The minimum Gasteiger partial charge on any atom is -0.497 e. The number of carbonyl (C=O) groups is 1. The Kier molecular flexibility index (Phi) is 5.27. The molecule has 27 heavy (non-hydrogen) atoms. The summed E-state index contributed by atoms with van der Waals surface area (Å²) in [5.74, 6) is 1.34. The van der Waals surface area contributed by atoms with E-state index in [0.717, 1.165) is 63.2 Å². The van der Waals surface area contributed by atoms with Gasteiger partial charge in [-0.15, -0.1) is 21.5 Å². The number of thiazole rings is 1. The van der Waals surface area contributed by atoms with Gasteiger partial charge < -0.3 is 9.64 Å². The Labute approximate surface area is 166 Å². The number of fused-ring (bicyclic) bond motifs is 1. The molecule has 1 fully saturated rings. The van der Waals surface area contributed by atoms with Crippen LogP contribution >= 0.6 is 23.1 Å². The molecule has 0 bridgehead atoms. The third-order valence-electron chi connectivity index (χ3n) is 4.55. The van der Waals surface area contributed by atoms with Crippen molar-refractivity contribution < 1.29 is 9.53 Å². The van der Waals surface area contributed by atoms with Crippen molar-refractivity contribution in [3.8, 4) is 17.0 Å². The highest BCUT2D eigenvalue weighted by Crippen LogP contribution is 2.35. The number of rotatable bonds is 5. The molecule has 1 aromatic carbocycles. The molecule has 0 radical (unpaired) electrons. The first-order chi connectivity index (χ1) is 13.2. The topological polar surface area (TPSA) is 68.2 Å². The molecule has 1 aliphatic rings. The number of ether oxygens (including phenoxy) is 1. The van der Waals surface area contributed by atoms with Crippen LogP contribution < -0.4 is 4.74 Å². The van der Waals surface area contributed by atoms with Crippen LogP contribution in [0.3, 0.4) is 0 Å². The lowest BCUT2D eigenvalue weighted by molar-refractivity contribution is -0.127. The van der Waals surface area contributed by atoms with E-state index in [-0.39, 0.29) is 5.91 Å². The average Bonchev–Trinajstić information content (AvgIpc) is 3.35. The van der Waals surface area contributed by atoms with E-state index in [1.165, 1.54) is 11.8 Å². The fourth-order valence-electron chi connectivity index (χ4n) is 3.14. The number of likely N-dealkylation sites (tertiary alicyclic amines) is 1. The average molecular weight is 401 g/mol. The molecule has 0 aliphatic carbocycles. The molecule has 6 nitrogen and oxygen atoms in total. The zero-order chi connectivity index (χ0) is 18.8. The SMILES string of the molecule is COc1ccc(-c2nnc(SCC(=O)N3CCCC3)c3nc(C)sc23)cc1. The highest BCUT2D eigenvalue weighted by Gasteiger charge is 2.20. The minimum atomic E-state index is 0.165. The molecule has 0 unspecified atom stereocenters. The number of methoxy groups -OCH3 is 1. The van der Waals surface area contributed by atoms with Gasteiger partial charge in [-0.25, -0.2) is 4.98 Å². The van der Waals surface area contributed by atoms with Gasteiger partial charge in [-0.05, 0) is 44.0 Å². The second-order valence-electron chi connectivity index (χ2n) is 6.37. The van der Waals surface area contributed by atoms with Gasteiger partial charge in [0.25, 0.3) is 0 Å². The van der Waals surface area contributed by atoms with Crippen molar-refractivity contribution in [1.82, 2.24) is 20.1 Å². The summed E-state index contributed by atoms with van der Waals surface area (Å²) in [7, 11) is 1.65. The summed E-state index contributed by atoms with van der Waals surface area (Å²) in [5, 5.41) is 10.5. The van der Waals surface area contributed by atoms with Crippen molar-refractivity contribution in [2.75, 3.05) is 26.0 Å². The number of aromatic nitrogens is 3. The Morgan fingerprint density at radius 3 is 2.67 bits per heavy atom. The van der Waals surface area contributed by atoms with E-state index >= 15 is 0 Å². The van der Waals surface area contributed by atoms with Crippen molar-refractivity contribution in [3.05, 3.63) is 29.3 Å². The monoisotopic (exact) mass is 400 g/mol. The Morgan fingerprint density at radius 2 is 1.96 bits per heavy atom. The van der Waals surface area contributed by atoms with Gasteiger partial charge in [-0.1, -0.05) is 11.8 Å². The standard InChI is InChI=1S/C19H20N4O2S2/c1-12-20-17-18(27-12)16(13-5-7-14(25-2)8-6-13)21-22-19(17)26-11-15(24)23-9-3-4-10-23/h5-8H,3-4,9-11H2,1-2H3. The number of benzene rings is 1. The van der Waals surface area contributed by atoms with Gasteiger partial charge in [0.05, 0.1) is 22.6 Å². The number of carbonyl (C=O) groups excluding carboxylic acids is 1. The van der Waals surface area contributed by atoms with Gasteiger partial charge in [-0.3, -0.25) is 4.79 Å². The Bertz CT molecular complexity index is 966. The number of hydrogen-bond acceptors (Lipinski definition) is 7. The lowest BCUT2D eigenvalue weighted by atomic mass is 10.1. The third-order valence-corrected chi connectivity index (χ3v) is 6.46. The lowest BCUT2D eigenvalue weighted by Gasteiger charge is -2.14. The van der Waals surface area contributed by atoms with Crippen LogP contribution in [0.5, 0.6) is 5.75 Å². The van der Waals surface area contributed by atoms with E-state index < -0.39 is 0 Å². The van der Waals surface area contributed by atoms with Gasteiger partial charge in [0.15, 0.2) is 0 Å². The number of thioether (sulfide) groups is 1. The van der Waals surface area contributed by atoms with Crippen molar-refractivity contribution in [1.29, 1.82) is 0 Å². The first kappa shape index (κ1) is 18.2. The Balaban J connectivity index is 1.62. The van der Waals surface area contributed by atoms with Crippen molar-refractivity contribution in [2.24, 2.45) is 0 Å². The summed E-state index contributed by atoms with van der Waals surface area (Å²) in [5.41, 5.74) is 2.62. The van der Waals surface area contributed by atoms with Crippen LogP contribution in [0.1, 0.15) is 17.8 Å². The molecule has 1 saturated heterocycles. The first-order valence-electron chi connectivity index (χ1n) is 8.84. The second-order valence-corrected chi connectivity index (χ2v) is 8.54. The Hall–Kier alpha value is -2.19. The Morgan fingerprint density at radius 1 is 1.22 bits per heavy atom. The molecular weight excluding hydrogens is 380 g/mol. The quantitative estimate of drug-likeness (QED) is 0.607. The lowest BCUT2D eigenvalue weighted by Crippen LogP contribution is -2.29. The zero-order valence-corrected chi connectivity index (χ0v) is 16.9. The van der Waals surface area contributed by atoms with Gasteiger partial charge in [0.2, 0.25) is 5.91 Å². The number of hydrogen-bond donors (Lipinski definition) is 0. The van der Waals surface area contributed by atoms with Crippen molar-refractivity contribution >= 4 is 39.2 Å². The molecule has 3 aromatic rings. The summed E-state index contributed by atoms with van der Waals surface area (Å²) in [6, 6.07) is 7.77. The molecule has 0 N–H and O–H groups in total. The van der Waals surface area contributed by atoms with Gasteiger partial charge in [0, 0.05) is 18.7 Å². The van der Waals surface area contributed by atoms with E-state index in [1.807, 2.05) is 36.1 Å². The summed E-state index contributed by atoms with van der Waals surface area (Å²) in [6.07, 6.45) is 2.20. The molecule has 1 aliphatic heterocycles. The number of aryl methyl sites for hydroxylation is 1. The minimum absolute atomic E-state index is 0.165. The van der Waals surface area contributed by atoms with Gasteiger partial charge in [-0.2, -0.15) is 0 Å². The molecule has 140 valence electrons. The smallest absolute Gasteiger partial charge is 0.232 e. The maximum Gasteiger partial charge on any atom is 0.232 e. The molecule has 1 amide bonds. The van der Waals surface area contributed by atoms with E-state index in [9.17, 15) is 4.79 Å². The molecule has 2 aromatic heterocycles. The first-order valence-corrected chi connectivity index (χ1v) is 10.6. The molecule has 3 heterocycles. The van der Waals surface area contributed by atoms with E-state index in [4.69, 9.17) is 4.74 Å². The highest BCUT2D eigenvalue weighted by atomic mass is 32.2. The summed E-state index contributed by atoms with van der Waals surface area (Å²) in [4.78, 5) is 18.9. The highest BCUT2D eigenvalue weighted by molar-refractivity contribution is 8.00. The molecular formula is C19H20N4O2S2. The van der Waals surface area contributed by atoms with Crippen LogP contribution in [0.2, 0.25) is 0 Å². The van der Waals surface area contributed by atoms with Gasteiger partial charge >= 0.3 is 0 Å². The van der Waals surface area contributed by atoms with E-state index in [2.05, 4.69) is 15.2 Å². The molecule has 0 spiro atoms. The number of amides is 1. The molecule has 4 rings (SSSR count). The van der Waals surface area contributed by atoms with Crippen LogP contribution in [-0.2, 0) is 4.79 Å². The summed E-state index contributed by atoms with van der Waals surface area (Å²) in [6.45, 7) is 3.71. The fraction of sp³-hybridized carbons (Fsp3) is 0.368. The predicted octanol–water partition coefficient (Wildman–Crippen LogP) is 3.78. The number of nitrogens with zero attached hydrogens (tertiary/aromatic N) is 4. The molecule has 0 atom stereocenters. The van der Waals surface area contributed by atoms with Crippen LogP contribution in [0.4, 0.5) is 0 Å². The van der Waals surface area contributed by atoms with Crippen molar-refractivity contribution in [3.63, 3.8) is 0 Å². The van der Waals surface area contributed by atoms with Crippen LogP contribution in [0, 0.1) is 6.92 Å². The van der Waals surface area contributed by atoms with Crippen LogP contribution in [0.25, 0.3) is 21.5 Å². The van der Waals surface area contributed by atoms with Gasteiger partial charge in [0.1, 0.15) is 22.0 Å². The maximum absolute atomic E-state index is 12.3. The zero-order valence-electron chi connectivity index (χ0n) is 15.3. The van der Waals surface area contributed by atoms with Crippen LogP contribution in [0.15, 0.2) is 29.3 Å². The normalized spacial score (nSPS) is 14.1. The third kappa shape index (κ3) is 3.77. The molecule has 0 saturated carbocycles. The van der Waals surface area contributed by atoms with Crippen molar-refractivity contribution in [2.45, 2.75) is 24.8 Å². The van der Waals surface area contributed by atoms with E-state index in [0.29, 0.717) is 5.75 Å². The summed E-state index contributed by atoms with van der Waals surface area (Å²) >= 11 is 3.03. The second kappa shape index (κ2) is 7.82. The largest absolute Gasteiger partial charge is 0.497 e. The molecule has 8 heteroatoms.